The van der Waals surface area contributed by atoms with E-state index < -0.39 is 0 Å². The van der Waals surface area contributed by atoms with Gasteiger partial charge in [-0.25, -0.2) is 0 Å². The van der Waals surface area contributed by atoms with Crippen LogP contribution in [0, 0.1) is 4.91 Å². The van der Waals surface area contributed by atoms with E-state index in [1.165, 1.54) is 0 Å². The van der Waals surface area contributed by atoms with Crippen molar-refractivity contribution >= 4 is 5.69 Å². The van der Waals surface area contributed by atoms with Crippen molar-refractivity contribution < 1.29 is 4.74 Å². The zero-order valence-electron chi connectivity index (χ0n) is 9.72. The summed E-state index contributed by atoms with van der Waals surface area (Å²) in [5, 5.41) is 10.1. The smallest absolute Gasteiger partial charge is 0.155 e. The Bertz CT molecular complexity index is 449. The minimum atomic E-state index is 0.124. The molecule has 0 saturated carbocycles. The van der Waals surface area contributed by atoms with Gasteiger partial charge in [0.2, 0.25) is 0 Å². The van der Waals surface area contributed by atoms with Gasteiger partial charge in [-0.05, 0) is 18.5 Å². The third kappa shape index (κ3) is 2.50. The van der Waals surface area contributed by atoms with E-state index in [4.69, 9.17) is 4.74 Å². The summed E-state index contributed by atoms with van der Waals surface area (Å²) in [7, 11) is 0. The fourth-order valence-corrected chi connectivity index (χ4v) is 1.84. The van der Waals surface area contributed by atoms with Gasteiger partial charge in [-0.1, -0.05) is 24.3 Å². The highest BCUT2D eigenvalue weighted by molar-refractivity contribution is 5.50. The maximum absolute atomic E-state index is 10.9. The molecule has 0 bridgehead atoms. The summed E-state index contributed by atoms with van der Waals surface area (Å²) in [6.45, 7) is 2.84. The molecule has 0 aliphatic heterocycles. The number of aromatic nitrogens is 2. The quantitative estimate of drug-likeness (QED) is 0.795. The van der Waals surface area contributed by atoms with E-state index in [9.17, 15) is 4.91 Å². The monoisotopic (exact) mass is 233 g/mol. The fraction of sp³-hybridized carbons (Fsp3) is 0.417. The molecule has 0 spiro atoms. The molecule has 1 aliphatic rings. The normalized spacial score (nSPS) is 18.5. The van der Waals surface area contributed by atoms with E-state index in [0.717, 1.165) is 6.42 Å². The topological polar surface area (TPSA) is 67.3 Å². The molecule has 1 N–H and O–H groups in total. The number of nitrogens with zero attached hydrogens (tertiary/aromatic N) is 2. The zero-order chi connectivity index (χ0) is 12.1. The number of rotatable bonds is 5. The molecule has 1 heterocycles. The van der Waals surface area contributed by atoms with Crippen LogP contribution < -0.4 is 0 Å². The molecule has 1 aliphatic carbocycles. The zero-order valence-corrected chi connectivity index (χ0v) is 9.72. The molecule has 5 nitrogen and oxygen atoms in total. The molecule has 1 atom stereocenters. The van der Waals surface area contributed by atoms with Crippen molar-refractivity contribution in [1.82, 2.24) is 10.2 Å². The summed E-state index contributed by atoms with van der Waals surface area (Å²) in [6.07, 6.45) is 8.86. The molecule has 0 amide bonds. The van der Waals surface area contributed by atoms with Gasteiger partial charge in [0.25, 0.3) is 0 Å². The molecule has 0 saturated heterocycles. The van der Waals surface area contributed by atoms with Gasteiger partial charge in [-0.3, -0.25) is 5.10 Å². The summed E-state index contributed by atoms with van der Waals surface area (Å²) in [5.41, 5.74) is 1.75. The average Bonchev–Trinajstić information content (AvgIpc) is 2.80. The van der Waals surface area contributed by atoms with Crippen LogP contribution in [0.2, 0.25) is 0 Å². The van der Waals surface area contributed by atoms with Gasteiger partial charge in [-0.15, -0.1) is 4.91 Å². The van der Waals surface area contributed by atoms with Crippen LogP contribution in [0.1, 0.15) is 30.7 Å². The first-order chi connectivity index (χ1) is 8.36. The molecule has 1 aromatic rings. The Morgan fingerprint density at radius 1 is 1.59 bits per heavy atom. The lowest BCUT2D eigenvalue weighted by molar-refractivity contribution is 0.131. The summed E-state index contributed by atoms with van der Waals surface area (Å²) in [4.78, 5) is 10.9. The number of ether oxygens (including phenoxy) is 1. The van der Waals surface area contributed by atoms with Crippen LogP contribution in [0.15, 0.2) is 29.5 Å². The van der Waals surface area contributed by atoms with Crippen LogP contribution in [0.25, 0.3) is 0 Å². The predicted octanol–water partition coefficient (Wildman–Crippen LogP) is 2.94. The van der Waals surface area contributed by atoms with Crippen molar-refractivity contribution in [3.63, 3.8) is 0 Å². The average molecular weight is 233 g/mol. The molecule has 1 aromatic heterocycles. The molecule has 0 fully saturated rings. The minimum absolute atomic E-state index is 0.124. The first-order valence-electron chi connectivity index (χ1n) is 5.68. The number of nitroso groups, excluding NO2 is 1. The van der Waals surface area contributed by atoms with E-state index in [2.05, 4.69) is 21.5 Å². The lowest BCUT2D eigenvalue weighted by atomic mass is 9.96. The van der Waals surface area contributed by atoms with E-state index in [-0.39, 0.29) is 5.92 Å². The van der Waals surface area contributed by atoms with Crippen LogP contribution in [-0.2, 0) is 11.3 Å². The van der Waals surface area contributed by atoms with Crippen LogP contribution >= 0.6 is 0 Å². The highest BCUT2D eigenvalue weighted by atomic mass is 16.5. The van der Waals surface area contributed by atoms with Gasteiger partial charge in [0.05, 0.1) is 18.0 Å². The molecular formula is C12H15N3O2. The number of hydrogen-bond donors (Lipinski definition) is 1. The highest BCUT2D eigenvalue weighted by Gasteiger charge is 2.20. The number of nitrogens with one attached hydrogen (secondary N) is 1. The maximum Gasteiger partial charge on any atom is 0.155 e. The summed E-state index contributed by atoms with van der Waals surface area (Å²) >= 11 is 0. The van der Waals surface area contributed by atoms with E-state index in [0.29, 0.717) is 30.3 Å². The Labute approximate surface area is 99.5 Å². The number of allylic oxidation sites excluding steroid dienone is 4. The van der Waals surface area contributed by atoms with Crippen molar-refractivity contribution in [1.29, 1.82) is 0 Å². The molecule has 2 rings (SSSR count). The minimum Gasteiger partial charge on any atom is -0.375 e. The van der Waals surface area contributed by atoms with Crippen LogP contribution in [0.3, 0.4) is 0 Å². The summed E-state index contributed by atoms with van der Waals surface area (Å²) in [6, 6.07) is 0. The molecule has 5 heteroatoms. The molecule has 17 heavy (non-hydrogen) atoms. The van der Waals surface area contributed by atoms with E-state index >= 15 is 0 Å². The Morgan fingerprint density at radius 2 is 2.47 bits per heavy atom. The molecule has 90 valence electrons. The Hall–Kier alpha value is -1.75. The van der Waals surface area contributed by atoms with Crippen LogP contribution in [-0.4, -0.2) is 16.8 Å². The van der Waals surface area contributed by atoms with Gasteiger partial charge < -0.3 is 4.74 Å². The van der Waals surface area contributed by atoms with E-state index in [1.54, 1.807) is 0 Å². The largest absolute Gasteiger partial charge is 0.375 e. The Kier molecular flexibility index (Phi) is 3.82. The van der Waals surface area contributed by atoms with Gasteiger partial charge in [0, 0.05) is 12.5 Å². The second-order valence-electron chi connectivity index (χ2n) is 3.82. The molecule has 0 radical (unpaired) electrons. The van der Waals surface area contributed by atoms with Crippen molar-refractivity contribution in [3.8, 4) is 0 Å². The number of aromatic amines is 1. The van der Waals surface area contributed by atoms with Crippen molar-refractivity contribution in [3.05, 3.63) is 40.6 Å². The fourth-order valence-electron chi connectivity index (χ4n) is 1.84. The molecule has 0 aromatic carbocycles. The standard InChI is InChI=1S/C12H15N3O2/c1-2-17-8-10-12(15-16)11(14-13-10)9-6-4-3-5-7-9/h3-6,9H,2,7-8H2,1H3,(H,13,14). The summed E-state index contributed by atoms with van der Waals surface area (Å²) < 4.78 is 5.26. The Morgan fingerprint density at radius 3 is 3.12 bits per heavy atom. The predicted molar refractivity (Wildman–Crippen MR) is 65.0 cm³/mol. The Balaban J connectivity index is 2.22. The first-order valence-corrected chi connectivity index (χ1v) is 5.68. The first kappa shape index (κ1) is 11.7. The molecule has 1 unspecified atom stereocenters. The lowest BCUT2D eigenvalue weighted by Gasteiger charge is -2.09. The second-order valence-corrected chi connectivity index (χ2v) is 3.82. The SMILES string of the molecule is CCOCc1[nH]nc(C2C=CC=CC2)c1N=O. The van der Waals surface area contributed by atoms with Crippen molar-refractivity contribution in [2.24, 2.45) is 5.18 Å². The van der Waals surface area contributed by atoms with Gasteiger partial charge in [0.1, 0.15) is 0 Å². The highest BCUT2D eigenvalue weighted by Crippen LogP contribution is 2.33. The van der Waals surface area contributed by atoms with Crippen LogP contribution in [0.5, 0.6) is 0 Å². The lowest BCUT2D eigenvalue weighted by Crippen LogP contribution is -1.97. The second kappa shape index (κ2) is 5.54. The maximum atomic E-state index is 10.9. The number of hydrogen-bond acceptors (Lipinski definition) is 4. The third-order valence-corrected chi connectivity index (χ3v) is 2.71. The van der Waals surface area contributed by atoms with Gasteiger partial charge >= 0.3 is 0 Å². The number of H-pyrrole nitrogens is 1. The third-order valence-electron chi connectivity index (χ3n) is 2.71. The van der Waals surface area contributed by atoms with Gasteiger partial charge in [-0.2, -0.15) is 5.10 Å². The summed E-state index contributed by atoms with van der Waals surface area (Å²) in [5.74, 6) is 0.124. The molecular weight excluding hydrogens is 218 g/mol. The van der Waals surface area contributed by atoms with E-state index in [1.807, 2.05) is 25.2 Å². The van der Waals surface area contributed by atoms with Gasteiger partial charge in [0.15, 0.2) is 5.69 Å². The van der Waals surface area contributed by atoms with Crippen LogP contribution in [0.4, 0.5) is 5.69 Å². The van der Waals surface area contributed by atoms with Crippen molar-refractivity contribution in [2.75, 3.05) is 6.61 Å². The van der Waals surface area contributed by atoms with Crippen molar-refractivity contribution in [2.45, 2.75) is 25.9 Å².